The van der Waals surface area contributed by atoms with E-state index in [1.165, 1.54) is 11.1 Å². The van der Waals surface area contributed by atoms with Crippen molar-refractivity contribution in [2.24, 2.45) is 0 Å². The van der Waals surface area contributed by atoms with Gasteiger partial charge in [-0.25, -0.2) is 0 Å². The van der Waals surface area contributed by atoms with Crippen LogP contribution in [0.5, 0.6) is 0 Å². The van der Waals surface area contributed by atoms with E-state index >= 15 is 0 Å². The normalized spacial score (nSPS) is 19.0. The summed E-state index contributed by atoms with van der Waals surface area (Å²) in [6.45, 7) is 2.96. The van der Waals surface area contributed by atoms with Crippen LogP contribution in [-0.2, 0) is 27.1 Å². The Labute approximate surface area is 150 Å². The fourth-order valence-electron chi connectivity index (χ4n) is 2.92. The van der Waals surface area contributed by atoms with Gasteiger partial charge in [0.15, 0.2) is 0 Å². The molecule has 2 aromatic rings. The van der Waals surface area contributed by atoms with E-state index in [9.17, 15) is 0 Å². The van der Waals surface area contributed by atoms with Gasteiger partial charge in [-0.05, 0) is 36.8 Å². The molecule has 0 radical (unpaired) electrons. The van der Waals surface area contributed by atoms with Gasteiger partial charge in [0, 0.05) is 13.2 Å². The monoisotopic (exact) mass is 340 g/mol. The maximum absolute atomic E-state index is 5.71. The maximum Gasteiger partial charge on any atom is 0.110 e. The van der Waals surface area contributed by atoms with Crippen LogP contribution in [-0.4, -0.2) is 38.6 Å². The van der Waals surface area contributed by atoms with Gasteiger partial charge in [0.2, 0.25) is 0 Å². The molecule has 3 heteroatoms. The van der Waals surface area contributed by atoms with Crippen molar-refractivity contribution in [3.05, 3.63) is 71.8 Å². The molecule has 25 heavy (non-hydrogen) atoms. The summed E-state index contributed by atoms with van der Waals surface area (Å²) in [5.74, 6) is 0. The zero-order valence-electron chi connectivity index (χ0n) is 14.8. The van der Waals surface area contributed by atoms with Crippen molar-refractivity contribution < 1.29 is 14.2 Å². The number of hydrogen-bond acceptors (Lipinski definition) is 3. The highest BCUT2D eigenvalue weighted by atomic mass is 16.6. The summed E-state index contributed by atoms with van der Waals surface area (Å²) in [5, 5.41) is 0. The SMILES string of the molecule is c1ccc(CCCOC[C@@H]2O[C@@H]2COCCCc2ccccc2)cc1. The molecule has 1 saturated heterocycles. The van der Waals surface area contributed by atoms with Crippen LogP contribution in [0.3, 0.4) is 0 Å². The van der Waals surface area contributed by atoms with Gasteiger partial charge in [0.1, 0.15) is 12.2 Å². The van der Waals surface area contributed by atoms with Crippen molar-refractivity contribution >= 4 is 0 Å². The molecule has 1 aliphatic heterocycles. The molecule has 0 saturated carbocycles. The van der Waals surface area contributed by atoms with Crippen LogP contribution in [0, 0.1) is 0 Å². The molecule has 0 aliphatic carbocycles. The lowest BCUT2D eigenvalue weighted by molar-refractivity contribution is 0.113. The van der Waals surface area contributed by atoms with Crippen LogP contribution >= 0.6 is 0 Å². The Balaban J connectivity index is 1.14. The van der Waals surface area contributed by atoms with E-state index in [0.29, 0.717) is 13.2 Å². The largest absolute Gasteiger partial charge is 0.379 e. The number of ether oxygens (including phenoxy) is 3. The van der Waals surface area contributed by atoms with Crippen LogP contribution in [0.4, 0.5) is 0 Å². The highest BCUT2D eigenvalue weighted by molar-refractivity contribution is 5.15. The average Bonchev–Trinajstić information content (AvgIpc) is 3.41. The van der Waals surface area contributed by atoms with Crippen LogP contribution in [0.15, 0.2) is 60.7 Å². The molecule has 3 rings (SSSR count). The second kappa shape index (κ2) is 10.3. The van der Waals surface area contributed by atoms with Crippen LogP contribution in [0.25, 0.3) is 0 Å². The van der Waals surface area contributed by atoms with E-state index in [2.05, 4.69) is 48.5 Å². The van der Waals surface area contributed by atoms with Gasteiger partial charge in [0.05, 0.1) is 13.2 Å². The quantitative estimate of drug-likeness (QED) is 0.431. The van der Waals surface area contributed by atoms with Crippen molar-refractivity contribution in [3.8, 4) is 0 Å². The van der Waals surface area contributed by atoms with E-state index in [4.69, 9.17) is 14.2 Å². The Bertz CT molecular complexity index is 531. The smallest absolute Gasteiger partial charge is 0.110 e. The minimum absolute atomic E-state index is 0.228. The fourth-order valence-corrected chi connectivity index (χ4v) is 2.92. The first-order valence-corrected chi connectivity index (χ1v) is 9.30. The number of aryl methyl sites for hydroxylation is 2. The molecule has 0 unspecified atom stereocenters. The maximum atomic E-state index is 5.71. The number of epoxide rings is 1. The highest BCUT2D eigenvalue weighted by Crippen LogP contribution is 2.22. The molecule has 0 amide bonds. The first-order valence-electron chi connectivity index (χ1n) is 9.30. The third-order valence-corrected chi connectivity index (χ3v) is 4.45. The Morgan fingerprint density at radius 2 is 1.08 bits per heavy atom. The zero-order valence-corrected chi connectivity index (χ0v) is 14.8. The van der Waals surface area contributed by atoms with E-state index in [0.717, 1.165) is 38.9 Å². The molecule has 0 aromatic heterocycles. The topological polar surface area (TPSA) is 31.0 Å². The van der Waals surface area contributed by atoms with Gasteiger partial charge >= 0.3 is 0 Å². The lowest BCUT2D eigenvalue weighted by Crippen LogP contribution is -2.11. The number of rotatable bonds is 12. The molecule has 1 aliphatic rings. The van der Waals surface area contributed by atoms with Crippen LogP contribution in [0.1, 0.15) is 24.0 Å². The summed E-state index contributed by atoms with van der Waals surface area (Å²) < 4.78 is 17.0. The van der Waals surface area contributed by atoms with Gasteiger partial charge in [-0.1, -0.05) is 60.7 Å². The second-order valence-corrected chi connectivity index (χ2v) is 6.54. The molecule has 0 bridgehead atoms. The Morgan fingerprint density at radius 1 is 0.640 bits per heavy atom. The summed E-state index contributed by atoms with van der Waals surface area (Å²) in [4.78, 5) is 0. The minimum atomic E-state index is 0.228. The molecular weight excluding hydrogens is 312 g/mol. The Morgan fingerprint density at radius 3 is 1.52 bits per heavy atom. The van der Waals surface area contributed by atoms with Gasteiger partial charge in [0.25, 0.3) is 0 Å². The van der Waals surface area contributed by atoms with Gasteiger partial charge in [-0.15, -0.1) is 0 Å². The summed E-state index contributed by atoms with van der Waals surface area (Å²) in [6, 6.07) is 21.1. The van der Waals surface area contributed by atoms with Crippen molar-refractivity contribution in [3.63, 3.8) is 0 Å². The summed E-state index contributed by atoms with van der Waals surface area (Å²) >= 11 is 0. The third kappa shape index (κ3) is 6.99. The zero-order chi connectivity index (χ0) is 17.2. The predicted molar refractivity (Wildman–Crippen MR) is 99.8 cm³/mol. The first kappa shape index (κ1) is 18.1. The van der Waals surface area contributed by atoms with E-state index in [1.807, 2.05) is 12.1 Å². The number of hydrogen-bond donors (Lipinski definition) is 0. The molecular formula is C22H28O3. The molecule has 1 heterocycles. The van der Waals surface area contributed by atoms with E-state index in [-0.39, 0.29) is 12.2 Å². The average molecular weight is 340 g/mol. The van der Waals surface area contributed by atoms with Crippen molar-refractivity contribution in [1.29, 1.82) is 0 Å². The Kier molecular flexibility index (Phi) is 7.50. The van der Waals surface area contributed by atoms with Crippen LogP contribution in [0.2, 0.25) is 0 Å². The van der Waals surface area contributed by atoms with Crippen molar-refractivity contribution in [2.45, 2.75) is 37.9 Å². The van der Waals surface area contributed by atoms with Gasteiger partial charge in [-0.2, -0.15) is 0 Å². The fraction of sp³-hybridized carbons (Fsp3) is 0.455. The minimum Gasteiger partial charge on any atom is -0.379 e. The van der Waals surface area contributed by atoms with Gasteiger partial charge in [-0.3, -0.25) is 0 Å². The first-order chi connectivity index (χ1) is 12.4. The third-order valence-electron chi connectivity index (χ3n) is 4.45. The summed E-state index contributed by atoms with van der Waals surface area (Å²) in [5.41, 5.74) is 2.74. The lowest BCUT2D eigenvalue weighted by atomic mass is 10.1. The van der Waals surface area contributed by atoms with Crippen molar-refractivity contribution in [1.82, 2.24) is 0 Å². The van der Waals surface area contributed by atoms with Crippen LogP contribution < -0.4 is 0 Å². The van der Waals surface area contributed by atoms with Crippen molar-refractivity contribution in [2.75, 3.05) is 26.4 Å². The standard InChI is InChI=1S/C22H28O3/c1-3-9-19(10-4-1)13-7-15-23-17-21-22(25-21)18-24-16-8-14-20-11-5-2-6-12-20/h1-6,9-12,21-22H,7-8,13-18H2/t21-,22+. The lowest BCUT2D eigenvalue weighted by Gasteiger charge is -2.04. The Hall–Kier alpha value is -1.68. The second-order valence-electron chi connectivity index (χ2n) is 6.54. The molecule has 2 aromatic carbocycles. The van der Waals surface area contributed by atoms with E-state index in [1.54, 1.807) is 0 Å². The predicted octanol–water partition coefficient (Wildman–Crippen LogP) is 4.05. The number of benzene rings is 2. The summed E-state index contributed by atoms with van der Waals surface area (Å²) in [7, 11) is 0. The molecule has 2 atom stereocenters. The molecule has 0 N–H and O–H groups in total. The molecule has 1 fully saturated rings. The van der Waals surface area contributed by atoms with Gasteiger partial charge < -0.3 is 14.2 Å². The molecule has 0 spiro atoms. The molecule has 134 valence electrons. The highest BCUT2D eigenvalue weighted by Gasteiger charge is 2.38. The molecule has 3 nitrogen and oxygen atoms in total. The van der Waals surface area contributed by atoms with E-state index < -0.39 is 0 Å². The summed E-state index contributed by atoms with van der Waals surface area (Å²) in [6.07, 6.45) is 4.70.